The summed E-state index contributed by atoms with van der Waals surface area (Å²) in [6.45, 7) is 8.29. The number of hydrogen-bond acceptors (Lipinski definition) is 2. The van der Waals surface area contributed by atoms with Crippen LogP contribution in [0.3, 0.4) is 0 Å². The van der Waals surface area contributed by atoms with E-state index in [1.165, 1.54) is 50.8 Å². The van der Waals surface area contributed by atoms with Crippen LogP contribution in [-0.4, -0.2) is 36.1 Å². The van der Waals surface area contributed by atoms with Crippen molar-refractivity contribution in [2.45, 2.75) is 57.5 Å². The number of benzene rings is 1. The van der Waals surface area contributed by atoms with Crippen LogP contribution in [-0.2, 0) is 6.42 Å². The molecule has 116 valence electrons. The molecule has 2 nitrogen and oxygen atoms in total. The molecule has 0 radical (unpaired) electrons. The van der Waals surface area contributed by atoms with Crippen LogP contribution in [0.15, 0.2) is 30.3 Å². The molecule has 1 aromatic rings. The predicted molar refractivity (Wildman–Crippen MR) is 89.5 cm³/mol. The lowest BCUT2D eigenvalue weighted by Crippen LogP contribution is -2.62. The van der Waals surface area contributed by atoms with E-state index in [0.29, 0.717) is 6.04 Å². The normalized spacial score (nSPS) is 27.0. The van der Waals surface area contributed by atoms with E-state index >= 15 is 0 Å². The molecule has 1 heterocycles. The summed E-state index contributed by atoms with van der Waals surface area (Å²) in [4.78, 5) is 2.78. The first-order valence-electron chi connectivity index (χ1n) is 8.65. The Kier molecular flexibility index (Phi) is 4.66. The van der Waals surface area contributed by atoms with Crippen LogP contribution < -0.4 is 5.32 Å². The molecular formula is C19H30N2. The molecule has 1 aliphatic heterocycles. The van der Waals surface area contributed by atoms with Gasteiger partial charge in [0.2, 0.25) is 0 Å². The second-order valence-electron chi connectivity index (χ2n) is 7.69. The lowest BCUT2D eigenvalue weighted by molar-refractivity contribution is 0.0796. The van der Waals surface area contributed by atoms with E-state index in [9.17, 15) is 0 Å². The number of hydrogen-bond donors (Lipinski definition) is 1. The van der Waals surface area contributed by atoms with Crippen molar-refractivity contribution in [3.05, 3.63) is 35.9 Å². The van der Waals surface area contributed by atoms with Crippen molar-refractivity contribution in [2.24, 2.45) is 5.92 Å². The van der Waals surface area contributed by atoms with Gasteiger partial charge in [-0.3, -0.25) is 4.90 Å². The van der Waals surface area contributed by atoms with Crippen LogP contribution in [0.1, 0.15) is 45.1 Å². The third-order valence-corrected chi connectivity index (χ3v) is 5.21. The molecule has 1 unspecified atom stereocenters. The zero-order valence-electron chi connectivity index (χ0n) is 13.6. The molecule has 1 saturated carbocycles. The molecular weight excluding hydrogens is 256 g/mol. The smallest absolute Gasteiger partial charge is 0.0262 e. The Labute approximate surface area is 129 Å². The first kappa shape index (κ1) is 15.1. The Morgan fingerprint density at radius 3 is 2.57 bits per heavy atom. The van der Waals surface area contributed by atoms with Gasteiger partial charge >= 0.3 is 0 Å². The van der Waals surface area contributed by atoms with Gasteiger partial charge in [0.25, 0.3) is 0 Å². The molecule has 1 saturated heterocycles. The van der Waals surface area contributed by atoms with Gasteiger partial charge in [0, 0.05) is 31.2 Å². The highest BCUT2D eigenvalue weighted by atomic mass is 15.2. The molecule has 1 aromatic carbocycles. The Bertz CT molecular complexity index is 434. The van der Waals surface area contributed by atoms with E-state index in [-0.39, 0.29) is 5.54 Å². The molecule has 0 spiro atoms. The third kappa shape index (κ3) is 4.08. The van der Waals surface area contributed by atoms with Gasteiger partial charge in [-0.2, -0.15) is 0 Å². The lowest BCUT2D eigenvalue weighted by Gasteiger charge is -2.45. The van der Waals surface area contributed by atoms with E-state index in [1.807, 2.05) is 0 Å². The fourth-order valence-electron chi connectivity index (χ4n) is 4.04. The molecule has 21 heavy (non-hydrogen) atoms. The summed E-state index contributed by atoms with van der Waals surface area (Å²) >= 11 is 0. The molecule has 1 atom stereocenters. The van der Waals surface area contributed by atoms with E-state index in [2.05, 4.69) is 54.4 Å². The molecule has 2 fully saturated rings. The Morgan fingerprint density at radius 1 is 1.14 bits per heavy atom. The maximum Gasteiger partial charge on any atom is 0.0262 e. The minimum Gasteiger partial charge on any atom is -0.309 e. The Balaban J connectivity index is 1.67. The average molecular weight is 286 g/mol. The molecule has 0 amide bonds. The highest BCUT2D eigenvalue weighted by molar-refractivity contribution is 5.16. The molecule has 1 aliphatic carbocycles. The monoisotopic (exact) mass is 286 g/mol. The number of nitrogens with zero attached hydrogens (tertiary/aromatic N) is 1. The molecule has 0 aromatic heterocycles. The summed E-state index contributed by atoms with van der Waals surface area (Å²) in [6.07, 6.45) is 6.97. The van der Waals surface area contributed by atoms with Gasteiger partial charge in [-0.25, -0.2) is 0 Å². The maximum atomic E-state index is 3.74. The first-order valence-corrected chi connectivity index (χ1v) is 8.65. The molecule has 3 rings (SSSR count). The molecule has 1 N–H and O–H groups in total. The standard InChI is InChI=1S/C19H30N2/c1-19(2)15-21(14-17-10-6-7-11-17)18(13-20-19)12-16-8-4-3-5-9-16/h3-5,8-9,17-18,20H,6-7,10-15H2,1-2H3. The van der Waals surface area contributed by atoms with Gasteiger partial charge in [-0.15, -0.1) is 0 Å². The fourth-order valence-corrected chi connectivity index (χ4v) is 4.04. The van der Waals surface area contributed by atoms with Crippen molar-refractivity contribution in [3.63, 3.8) is 0 Å². The van der Waals surface area contributed by atoms with Crippen LogP contribution in [0.5, 0.6) is 0 Å². The number of piperazine rings is 1. The first-order chi connectivity index (χ1) is 10.1. The van der Waals surface area contributed by atoms with Gasteiger partial charge in [-0.05, 0) is 44.6 Å². The number of nitrogens with one attached hydrogen (secondary N) is 1. The van der Waals surface area contributed by atoms with Crippen LogP contribution in [0.4, 0.5) is 0 Å². The van der Waals surface area contributed by atoms with Crippen molar-refractivity contribution in [1.82, 2.24) is 10.2 Å². The van der Waals surface area contributed by atoms with Crippen LogP contribution in [0.25, 0.3) is 0 Å². The van der Waals surface area contributed by atoms with Crippen molar-refractivity contribution >= 4 is 0 Å². The second kappa shape index (κ2) is 6.50. The van der Waals surface area contributed by atoms with Crippen molar-refractivity contribution in [3.8, 4) is 0 Å². The largest absolute Gasteiger partial charge is 0.309 e. The minimum atomic E-state index is 0.256. The quantitative estimate of drug-likeness (QED) is 0.911. The Morgan fingerprint density at radius 2 is 1.86 bits per heavy atom. The van der Waals surface area contributed by atoms with E-state index in [0.717, 1.165) is 12.5 Å². The van der Waals surface area contributed by atoms with Gasteiger partial charge in [0.15, 0.2) is 0 Å². The van der Waals surface area contributed by atoms with Crippen LogP contribution >= 0.6 is 0 Å². The zero-order chi connectivity index (χ0) is 14.7. The van der Waals surface area contributed by atoms with Gasteiger partial charge in [0.05, 0.1) is 0 Å². The summed E-state index contributed by atoms with van der Waals surface area (Å²) in [7, 11) is 0. The van der Waals surface area contributed by atoms with Gasteiger partial charge in [-0.1, -0.05) is 43.2 Å². The molecule has 2 heteroatoms. The summed E-state index contributed by atoms with van der Waals surface area (Å²) in [5.74, 6) is 0.942. The highest BCUT2D eigenvalue weighted by Gasteiger charge is 2.33. The topological polar surface area (TPSA) is 15.3 Å². The van der Waals surface area contributed by atoms with Gasteiger partial charge < -0.3 is 5.32 Å². The Hall–Kier alpha value is -0.860. The minimum absolute atomic E-state index is 0.256. The summed E-state index contributed by atoms with van der Waals surface area (Å²) in [6, 6.07) is 11.6. The van der Waals surface area contributed by atoms with Crippen LogP contribution in [0.2, 0.25) is 0 Å². The summed E-state index contributed by atoms with van der Waals surface area (Å²) in [5, 5.41) is 3.74. The SMILES string of the molecule is CC1(C)CN(CC2CCCC2)C(Cc2ccccc2)CN1. The van der Waals surface area contributed by atoms with Crippen molar-refractivity contribution in [1.29, 1.82) is 0 Å². The third-order valence-electron chi connectivity index (χ3n) is 5.21. The van der Waals surface area contributed by atoms with Crippen molar-refractivity contribution < 1.29 is 0 Å². The van der Waals surface area contributed by atoms with Gasteiger partial charge in [0.1, 0.15) is 0 Å². The summed E-state index contributed by atoms with van der Waals surface area (Å²) < 4.78 is 0. The second-order valence-corrected chi connectivity index (χ2v) is 7.69. The van der Waals surface area contributed by atoms with E-state index in [1.54, 1.807) is 0 Å². The fraction of sp³-hybridized carbons (Fsp3) is 0.684. The zero-order valence-corrected chi connectivity index (χ0v) is 13.6. The van der Waals surface area contributed by atoms with E-state index in [4.69, 9.17) is 0 Å². The molecule has 2 aliphatic rings. The van der Waals surface area contributed by atoms with E-state index < -0.39 is 0 Å². The number of rotatable bonds is 4. The molecule has 0 bridgehead atoms. The maximum absolute atomic E-state index is 3.74. The average Bonchev–Trinajstić information content (AvgIpc) is 2.96. The summed E-state index contributed by atoms with van der Waals surface area (Å²) in [5.41, 5.74) is 1.73. The highest BCUT2D eigenvalue weighted by Crippen LogP contribution is 2.28. The lowest BCUT2D eigenvalue weighted by atomic mass is 9.93. The predicted octanol–water partition coefficient (Wildman–Crippen LogP) is 3.47. The van der Waals surface area contributed by atoms with Crippen LogP contribution in [0, 0.1) is 5.92 Å². The van der Waals surface area contributed by atoms with Crippen molar-refractivity contribution in [2.75, 3.05) is 19.6 Å².